The van der Waals surface area contributed by atoms with Gasteiger partial charge in [0.2, 0.25) is 0 Å². The van der Waals surface area contributed by atoms with Crippen molar-refractivity contribution in [3.8, 4) is 0 Å². The van der Waals surface area contributed by atoms with E-state index in [1.165, 1.54) is 37.4 Å². The Bertz CT molecular complexity index is 1140. The number of nitrogens with one attached hydrogen (secondary N) is 2. The molecule has 3 amide bonds. The largest absolute Gasteiger partial charge is 0.380 e. The fourth-order valence-electron chi connectivity index (χ4n) is 3.14. The normalized spacial score (nSPS) is 11.5. The van der Waals surface area contributed by atoms with E-state index in [9.17, 15) is 18.4 Å². The molecule has 6 nitrogen and oxygen atoms in total. The Morgan fingerprint density at radius 1 is 1.06 bits per heavy atom. The highest BCUT2D eigenvalue weighted by Gasteiger charge is 2.18. The van der Waals surface area contributed by atoms with Crippen LogP contribution in [0.5, 0.6) is 0 Å². The molecule has 9 heteroatoms. The number of nitrogens with zero attached hydrogens (tertiary/aromatic N) is 1. The van der Waals surface area contributed by atoms with Crippen LogP contribution in [0.3, 0.4) is 0 Å². The first-order chi connectivity index (χ1) is 15.8. The summed E-state index contributed by atoms with van der Waals surface area (Å²) in [6.07, 6.45) is 0. The zero-order valence-electron chi connectivity index (χ0n) is 18.0. The standard InChI is InChI=1S/C24H23F2N3O3S/c1-15(16-7-9-18(25)10-8-16)27-24(31)29(33)19-11-12-22(17(13-19)14-32-2)28-23(30)20-5-3-4-6-21(20)26/h3-13,15,33H,14H2,1-2H3,(H,27,31)(H,28,30). The van der Waals surface area contributed by atoms with E-state index in [1.54, 1.807) is 43.3 Å². The maximum absolute atomic E-state index is 13.9. The number of ether oxygens (including phenoxy) is 1. The Morgan fingerprint density at radius 2 is 1.76 bits per heavy atom. The molecule has 0 fully saturated rings. The van der Waals surface area contributed by atoms with Crippen molar-refractivity contribution in [2.45, 2.75) is 19.6 Å². The molecule has 3 aromatic carbocycles. The van der Waals surface area contributed by atoms with Gasteiger partial charge in [-0.2, -0.15) is 0 Å². The van der Waals surface area contributed by atoms with E-state index >= 15 is 0 Å². The van der Waals surface area contributed by atoms with Crippen LogP contribution in [-0.4, -0.2) is 19.0 Å². The van der Waals surface area contributed by atoms with Gasteiger partial charge in [0.1, 0.15) is 11.6 Å². The van der Waals surface area contributed by atoms with E-state index in [0.717, 1.165) is 9.87 Å². The summed E-state index contributed by atoms with van der Waals surface area (Å²) in [7, 11) is 1.49. The fourth-order valence-corrected chi connectivity index (χ4v) is 3.32. The van der Waals surface area contributed by atoms with Crippen LogP contribution in [0.25, 0.3) is 0 Å². The first-order valence-corrected chi connectivity index (χ1v) is 10.4. The molecule has 0 aliphatic carbocycles. The van der Waals surface area contributed by atoms with Gasteiger partial charge in [0.15, 0.2) is 0 Å². The monoisotopic (exact) mass is 471 g/mol. The molecule has 2 N–H and O–H groups in total. The highest BCUT2D eigenvalue weighted by molar-refractivity contribution is 7.82. The van der Waals surface area contributed by atoms with Crippen LogP contribution in [0.1, 0.15) is 34.5 Å². The number of anilines is 2. The lowest BCUT2D eigenvalue weighted by Crippen LogP contribution is -2.35. The van der Waals surface area contributed by atoms with Crippen LogP contribution >= 0.6 is 12.8 Å². The van der Waals surface area contributed by atoms with Crippen molar-refractivity contribution < 1.29 is 23.1 Å². The minimum Gasteiger partial charge on any atom is -0.380 e. The second-order valence-corrected chi connectivity index (χ2v) is 7.64. The van der Waals surface area contributed by atoms with Crippen molar-refractivity contribution in [2.24, 2.45) is 0 Å². The molecule has 0 spiro atoms. The van der Waals surface area contributed by atoms with Gasteiger partial charge >= 0.3 is 6.03 Å². The molecule has 0 aromatic heterocycles. The Hall–Kier alpha value is -3.43. The van der Waals surface area contributed by atoms with Crippen molar-refractivity contribution >= 4 is 36.1 Å². The minimum atomic E-state index is -0.631. The van der Waals surface area contributed by atoms with Crippen molar-refractivity contribution in [1.29, 1.82) is 0 Å². The summed E-state index contributed by atoms with van der Waals surface area (Å²) in [6, 6.07) is 15.4. The van der Waals surface area contributed by atoms with Gasteiger partial charge in [-0.05, 0) is 55.0 Å². The molecular formula is C24H23F2N3O3S. The lowest BCUT2D eigenvalue weighted by atomic mass is 10.1. The smallest absolute Gasteiger partial charge is 0.332 e. The molecule has 0 saturated carbocycles. The number of amides is 3. The molecule has 172 valence electrons. The number of methoxy groups -OCH3 is 1. The number of hydrogen-bond donors (Lipinski definition) is 3. The summed E-state index contributed by atoms with van der Waals surface area (Å²) in [5.74, 6) is -1.60. The predicted molar refractivity (Wildman–Crippen MR) is 126 cm³/mol. The van der Waals surface area contributed by atoms with Crippen molar-refractivity contribution in [3.05, 3.63) is 95.1 Å². The SMILES string of the molecule is COCc1cc(N(S)C(=O)NC(C)c2ccc(F)cc2)ccc1NC(=O)c1ccccc1F. The highest BCUT2D eigenvalue weighted by Crippen LogP contribution is 2.26. The van der Waals surface area contributed by atoms with Crippen molar-refractivity contribution in [1.82, 2.24) is 5.32 Å². The number of rotatable bonds is 7. The third-order valence-corrected chi connectivity index (χ3v) is 5.31. The maximum Gasteiger partial charge on any atom is 0.332 e. The average molecular weight is 472 g/mol. The van der Waals surface area contributed by atoms with Crippen LogP contribution in [-0.2, 0) is 11.3 Å². The van der Waals surface area contributed by atoms with Gasteiger partial charge < -0.3 is 15.4 Å². The molecule has 0 aliphatic heterocycles. The lowest BCUT2D eigenvalue weighted by molar-refractivity contribution is 0.102. The summed E-state index contributed by atoms with van der Waals surface area (Å²) in [6.45, 7) is 1.90. The summed E-state index contributed by atoms with van der Waals surface area (Å²) < 4.78 is 33.4. The summed E-state index contributed by atoms with van der Waals surface area (Å²) in [5, 5.41) is 5.46. The van der Waals surface area contributed by atoms with Gasteiger partial charge in [0.25, 0.3) is 5.91 Å². The number of carbonyl (C=O) groups excluding carboxylic acids is 2. The molecular weight excluding hydrogens is 448 g/mol. The van der Waals surface area contributed by atoms with Crippen LogP contribution < -0.4 is 14.9 Å². The number of thiol groups is 1. The molecule has 0 radical (unpaired) electrons. The first-order valence-electron chi connectivity index (χ1n) is 10.0. The van der Waals surface area contributed by atoms with E-state index in [-0.39, 0.29) is 24.0 Å². The third-order valence-electron chi connectivity index (χ3n) is 4.90. The predicted octanol–water partition coefficient (Wildman–Crippen LogP) is 5.49. The number of benzene rings is 3. The van der Waals surface area contributed by atoms with Gasteiger partial charge in [-0.15, -0.1) is 0 Å². The topological polar surface area (TPSA) is 70.7 Å². The summed E-state index contributed by atoms with van der Waals surface area (Å²) >= 11 is 4.29. The molecule has 0 heterocycles. The molecule has 1 unspecified atom stereocenters. The van der Waals surface area contributed by atoms with Gasteiger partial charge in [0, 0.05) is 18.4 Å². The third kappa shape index (κ3) is 6.09. The van der Waals surface area contributed by atoms with E-state index in [2.05, 4.69) is 23.4 Å². The van der Waals surface area contributed by atoms with Gasteiger partial charge in [0.05, 0.1) is 23.9 Å². The Labute approximate surface area is 196 Å². The molecule has 33 heavy (non-hydrogen) atoms. The van der Waals surface area contributed by atoms with E-state index in [1.807, 2.05) is 0 Å². The zero-order chi connectivity index (χ0) is 24.0. The van der Waals surface area contributed by atoms with Crippen molar-refractivity contribution in [2.75, 3.05) is 16.7 Å². The van der Waals surface area contributed by atoms with E-state index in [4.69, 9.17) is 4.74 Å². The Kier molecular flexibility index (Phi) is 8.02. The summed E-state index contributed by atoms with van der Waals surface area (Å²) in [4.78, 5) is 25.2. The van der Waals surface area contributed by atoms with Gasteiger partial charge in [-0.3, -0.25) is 4.79 Å². The maximum atomic E-state index is 13.9. The number of urea groups is 1. The van der Waals surface area contributed by atoms with Crippen LogP contribution in [0.15, 0.2) is 66.7 Å². The molecule has 1 atom stereocenters. The van der Waals surface area contributed by atoms with Crippen LogP contribution in [0.4, 0.5) is 25.0 Å². The molecule has 3 aromatic rings. The fraction of sp³-hybridized carbons (Fsp3) is 0.167. The van der Waals surface area contributed by atoms with Gasteiger partial charge in [-0.1, -0.05) is 37.1 Å². The summed E-state index contributed by atoms with van der Waals surface area (Å²) in [5.41, 5.74) is 2.06. The highest BCUT2D eigenvalue weighted by atomic mass is 32.1. The minimum absolute atomic E-state index is 0.0880. The van der Waals surface area contributed by atoms with E-state index < -0.39 is 17.8 Å². The quantitative estimate of drug-likeness (QED) is 0.400. The number of halogens is 2. The second kappa shape index (κ2) is 10.9. The molecule has 0 aliphatic rings. The first kappa shape index (κ1) is 24.2. The molecule has 0 bridgehead atoms. The van der Waals surface area contributed by atoms with Crippen molar-refractivity contribution in [3.63, 3.8) is 0 Å². The second-order valence-electron chi connectivity index (χ2n) is 7.24. The average Bonchev–Trinajstić information content (AvgIpc) is 2.80. The van der Waals surface area contributed by atoms with Crippen LogP contribution in [0, 0.1) is 11.6 Å². The van der Waals surface area contributed by atoms with Crippen LogP contribution in [0.2, 0.25) is 0 Å². The number of carbonyl (C=O) groups is 2. The van der Waals surface area contributed by atoms with E-state index in [0.29, 0.717) is 16.9 Å². The Morgan fingerprint density at radius 3 is 2.42 bits per heavy atom. The molecule has 0 saturated heterocycles. The lowest BCUT2D eigenvalue weighted by Gasteiger charge is -2.22. The Balaban J connectivity index is 1.75. The number of hydrogen-bond acceptors (Lipinski definition) is 4. The van der Waals surface area contributed by atoms with Gasteiger partial charge in [-0.25, -0.2) is 17.9 Å². The molecule has 3 rings (SSSR count). The zero-order valence-corrected chi connectivity index (χ0v) is 18.9.